The quantitative estimate of drug-likeness (QED) is 0.866. The van der Waals surface area contributed by atoms with Crippen LogP contribution in [0.2, 0.25) is 0 Å². The van der Waals surface area contributed by atoms with Crippen LogP contribution in [0.25, 0.3) is 0 Å². The molecule has 1 saturated heterocycles. The first-order valence-electron chi connectivity index (χ1n) is 6.79. The van der Waals surface area contributed by atoms with Gasteiger partial charge in [-0.25, -0.2) is 4.39 Å². The molecule has 0 aliphatic carbocycles. The molecule has 118 valence electrons. The van der Waals surface area contributed by atoms with Gasteiger partial charge >= 0.3 is 6.18 Å². The molecule has 1 fully saturated rings. The molecule has 0 radical (unpaired) electrons. The number of nitrogens with two attached hydrogens (primary N) is 1. The molecule has 1 unspecified atom stereocenters. The van der Waals surface area contributed by atoms with Crippen molar-refractivity contribution in [2.45, 2.75) is 18.8 Å². The Morgan fingerprint density at radius 1 is 1.29 bits per heavy atom. The first kappa shape index (κ1) is 16.2. The summed E-state index contributed by atoms with van der Waals surface area (Å²) in [4.78, 5) is 4.19. The summed E-state index contributed by atoms with van der Waals surface area (Å²) < 4.78 is 51.4. The largest absolute Gasteiger partial charge is 0.419 e. The number of halogens is 4. The van der Waals surface area contributed by atoms with Gasteiger partial charge in [0.2, 0.25) is 0 Å². The summed E-state index contributed by atoms with van der Waals surface area (Å²) in [6, 6.07) is 3.27. The number of likely N-dealkylation sites (N-methyl/N-ethyl adjacent to an activating group) is 1. The summed E-state index contributed by atoms with van der Waals surface area (Å²) in [6.07, 6.45) is -4.67. The van der Waals surface area contributed by atoms with Crippen molar-refractivity contribution in [2.24, 2.45) is 5.73 Å². The van der Waals surface area contributed by atoms with E-state index in [2.05, 4.69) is 4.90 Å². The van der Waals surface area contributed by atoms with Gasteiger partial charge in [-0.3, -0.25) is 4.90 Å². The topological polar surface area (TPSA) is 32.5 Å². The van der Waals surface area contributed by atoms with E-state index in [4.69, 9.17) is 5.73 Å². The van der Waals surface area contributed by atoms with Crippen molar-refractivity contribution in [3.63, 3.8) is 0 Å². The lowest BCUT2D eigenvalue weighted by molar-refractivity contribution is -0.140. The first-order valence-corrected chi connectivity index (χ1v) is 6.79. The average molecular weight is 305 g/mol. The lowest BCUT2D eigenvalue weighted by Gasteiger charge is -2.39. The number of piperazine rings is 1. The number of hydrogen-bond donors (Lipinski definition) is 1. The van der Waals surface area contributed by atoms with Crippen LogP contribution in [0.4, 0.5) is 17.6 Å². The minimum Gasteiger partial charge on any atom is -0.329 e. The Kier molecular flexibility index (Phi) is 4.85. The Hall–Kier alpha value is -1.18. The monoisotopic (exact) mass is 305 g/mol. The second kappa shape index (κ2) is 6.29. The fraction of sp³-hybridized carbons (Fsp3) is 0.571. The molecule has 2 rings (SSSR count). The fourth-order valence-electron chi connectivity index (χ4n) is 2.60. The Labute approximate surface area is 121 Å². The second-order valence-corrected chi connectivity index (χ2v) is 5.43. The number of rotatable bonds is 3. The molecular formula is C14H19F4N3. The van der Waals surface area contributed by atoms with Gasteiger partial charge in [0.1, 0.15) is 5.82 Å². The third-order valence-corrected chi connectivity index (χ3v) is 3.80. The molecular weight excluding hydrogens is 286 g/mol. The van der Waals surface area contributed by atoms with E-state index in [1.54, 1.807) is 0 Å². The molecule has 0 saturated carbocycles. The molecule has 1 aliphatic rings. The molecule has 0 amide bonds. The number of alkyl halides is 3. The van der Waals surface area contributed by atoms with Crippen LogP contribution in [0.3, 0.4) is 0 Å². The van der Waals surface area contributed by atoms with Gasteiger partial charge in [0.15, 0.2) is 0 Å². The van der Waals surface area contributed by atoms with Crippen LogP contribution < -0.4 is 5.73 Å². The Bertz CT molecular complexity index is 490. The molecule has 1 aromatic carbocycles. The zero-order valence-corrected chi connectivity index (χ0v) is 11.8. The Morgan fingerprint density at radius 3 is 2.62 bits per heavy atom. The van der Waals surface area contributed by atoms with Crippen LogP contribution in [0.1, 0.15) is 11.1 Å². The predicted molar refractivity (Wildman–Crippen MR) is 72.2 cm³/mol. The van der Waals surface area contributed by atoms with Crippen LogP contribution in [-0.2, 0) is 12.7 Å². The van der Waals surface area contributed by atoms with E-state index < -0.39 is 17.6 Å². The highest BCUT2D eigenvalue weighted by molar-refractivity contribution is 5.27. The van der Waals surface area contributed by atoms with E-state index in [-0.39, 0.29) is 6.04 Å². The van der Waals surface area contributed by atoms with E-state index in [0.717, 1.165) is 31.8 Å². The maximum absolute atomic E-state index is 13.3. The van der Waals surface area contributed by atoms with E-state index >= 15 is 0 Å². The normalized spacial score (nSPS) is 21.7. The highest BCUT2D eigenvalue weighted by Gasteiger charge is 2.34. The van der Waals surface area contributed by atoms with Crippen molar-refractivity contribution in [2.75, 3.05) is 33.2 Å². The predicted octanol–water partition coefficient (Wildman–Crippen LogP) is 1.92. The maximum atomic E-state index is 13.3. The van der Waals surface area contributed by atoms with Gasteiger partial charge in [0.25, 0.3) is 0 Å². The summed E-state index contributed by atoms with van der Waals surface area (Å²) in [6.45, 7) is 3.14. The van der Waals surface area contributed by atoms with Crippen molar-refractivity contribution in [1.29, 1.82) is 0 Å². The van der Waals surface area contributed by atoms with Gasteiger partial charge in [-0.05, 0) is 24.7 Å². The lowest BCUT2D eigenvalue weighted by atomic mass is 10.1. The maximum Gasteiger partial charge on any atom is 0.419 e. The molecule has 1 aromatic rings. The zero-order valence-electron chi connectivity index (χ0n) is 11.8. The number of hydrogen-bond acceptors (Lipinski definition) is 3. The van der Waals surface area contributed by atoms with E-state index in [1.165, 1.54) is 6.07 Å². The summed E-state index contributed by atoms with van der Waals surface area (Å²) in [5.74, 6) is -1.24. The summed E-state index contributed by atoms with van der Waals surface area (Å²) in [5, 5.41) is 0. The van der Waals surface area contributed by atoms with Gasteiger partial charge in [0, 0.05) is 38.8 Å². The number of nitrogens with zero attached hydrogens (tertiary/aromatic N) is 2. The van der Waals surface area contributed by atoms with Gasteiger partial charge in [-0.15, -0.1) is 0 Å². The Morgan fingerprint density at radius 2 is 2.00 bits per heavy atom. The molecule has 0 spiro atoms. The van der Waals surface area contributed by atoms with Crippen molar-refractivity contribution in [3.8, 4) is 0 Å². The van der Waals surface area contributed by atoms with Crippen LogP contribution in [-0.4, -0.2) is 49.1 Å². The molecule has 0 bridgehead atoms. The summed E-state index contributed by atoms with van der Waals surface area (Å²) in [7, 11) is 1.99. The lowest BCUT2D eigenvalue weighted by Crippen LogP contribution is -2.54. The van der Waals surface area contributed by atoms with Crippen molar-refractivity contribution in [1.82, 2.24) is 9.80 Å². The van der Waals surface area contributed by atoms with E-state index in [9.17, 15) is 17.6 Å². The SMILES string of the molecule is CN1CCN(Cc2ccc(F)c(C(F)(F)F)c2)C(CN)C1. The van der Waals surface area contributed by atoms with Gasteiger partial charge in [-0.2, -0.15) is 13.2 Å². The standard InChI is InChI=1S/C14H19F4N3/c1-20-4-5-21(11(7-19)9-20)8-10-2-3-13(15)12(6-10)14(16,17)18/h2-3,6,11H,4-5,7-9,19H2,1H3. The van der Waals surface area contributed by atoms with Gasteiger partial charge in [-0.1, -0.05) is 6.07 Å². The zero-order chi connectivity index (χ0) is 15.6. The van der Waals surface area contributed by atoms with Crippen LogP contribution in [0.15, 0.2) is 18.2 Å². The molecule has 2 N–H and O–H groups in total. The molecule has 1 aliphatic heterocycles. The number of benzene rings is 1. The van der Waals surface area contributed by atoms with Crippen molar-refractivity contribution in [3.05, 3.63) is 35.1 Å². The summed E-state index contributed by atoms with van der Waals surface area (Å²) in [5.41, 5.74) is 4.97. The Balaban J connectivity index is 2.16. The van der Waals surface area contributed by atoms with E-state index in [1.807, 2.05) is 11.9 Å². The fourth-order valence-corrected chi connectivity index (χ4v) is 2.60. The second-order valence-electron chi connectivity index (χ2n) is 5.43. The van der Waals surface area contributed by atoms with Crippen molar-refractivity contribution >= 4 is 0 Å². The minimum absolute atomic E-state index is 0.100. The van der Waals surface area contributed by atoms with Crippen molar-refractivity contribution < 1.29 is 17.6 Å². The van der Waals surface area contributed by atoms with Gasteiger partial charge < -0.3 is 10.6 Å². The molecule has 1 atom stereocenters. The molecule has 7 heteroatoms. The highest BCUT2D eigenvalue weighted by Crippen LogP contribution is 2.32. The highest BCUT2D eigenvalue weighted by atomic mass is 19.4. The van der Waals surface area contributed by atoms with E-state index in [0.29, 0.717) is 18.7 Å². The smallest absolute Gasteiger partial charge is 0.329 e. The minimum atomic E-state index is -4.67. The molecule has 0 aromatic heterocycles. The molecule has 21 heavy (non-hydrogen) atoms. The first-order chi connectivity index (χ1) is 9.81. The third-order valence-electron chi connectivity index (χ3n) is 3.80. The van der Waals surface area contributed by atoms with Gasteiger partial charge in [0.05, 0.1) is 5.56 Å². The van der Waals surface area contributed by atoms with Crippen LogP contribution >= 0.6 is 0 Å². The molecule has 3 nitrogen and oxygen atoms in total. The molecule has 1 heterocycles. The van der Waals surface area contributed by atoms with Crippen LogP contribution in [0.5, 0.6) is 0 Å². The average Bonchev–Trinajstić information content (AvgIpc) is 2.41. The summed E-state index contributed by atoms with van der Waals surface area (Å²) >= 11 is 0. The van der Waals surface area contributed by atoms with Crippen LogP contribution in [0, 0.1) is 5.82 Å². The third kappa shape index (κ3) is 3.93.